The highest BCUT2D eigenvalue weighted by molar-refractivity contribution is 6.74. The van der Waals surface area contributed by atoms with Crippen LogP contribution in [0, 0.1) is 0 Å². The zero-order valence-electron chi connectivity index (χ0n) is 15.6. The summed E-state index contributed by atoms with van der Waals surface area (Å²) in [5.41, 5.74) is 0. The van der Waals surface area contributed by atoms with E-state index in [0.29, 0.717) is 13.0 Å². The number of carbonyl (C=O) groups excluding carboxylic acids is 2. The summed E-state index contributed by atoms with van der Waals surface area (Å²) in [6.45, 7) is 13.2. The summed E-state index contributed by atoms with van der Waals surface area (Å²) in [6, 6.07) is 0. The van der Waals surface area contributed by atoms with Gasteiger partial charge in [0, 0.05) is 19.6 Å². The normalized spacial score (nSPS) is 13.9. The second-order valence-corrected chi connectivity index (χ2v) is 11.9. The van der Waals surface area contributed by atoms with E-state index in [-0.39, 0.29) is 11.0 Å². The lowest BCUT2D eigenvalue weighted by Crippen LogP contribution is -2.40. The van der Waals surface area contributed by atoms with E-state index in [1.807, 2.05) is 0 Å². The first-order chi connectivity index (χ1) is 10.5. The Labute approximate surface area is 141 Å². The Hall–Kier alpha value is -1.14. The number of hydrogen-bond donors (Lipinski definition) is 0. The Morgan fingerprint density at radius 2 is 1.78 bits per heavy atom. The molecule has 0 saturated carbocycles. The lowest BCUT2D eigenvalue weighted by molar-refractivity contribution is -0.144. The smallest absolute Gasteiger partial charge is 0.330 e. The minimum Gasteiger partial charge on any atom is -0.466 e. The molecule has 1 atom stereocenters. The van der Waals surface area contributed by atoms with Crippen molar-refractivity contribution in [2.45, 2.75) is 71.2 Å². The van der Waals surface area contributed by atoms with Crippen LogP contribution in [0.5, 0.6) is 0 Å². The summed E-state index contributed by atoms with van der Waals surface area (Å²) in [5.74, 6) is -0.814. The van der Waals surface area contributed by atoms with Crippen molar-refractivity contribution in [3.63, 3.8) is 0 Å². The van der Waals surface area contributed by atoms with Crippen LogP contribution in [0.1, 0.15) is 47.0 Å². The number of carbonyl (C=O) groups is 2. The molecule has 134 valence electrons. The van der Waals surface area contributed by atoms with Gasteiger partial charge in [0.2, 0.25) is 0 Å². The van der Waals surface area contributed by atoms with E-state index < -0.39 is 20.4 Å². The molecule has 0 N–H and O–H groups in total. The second kappa shape index (κ2) is 9.88. The van der Waals surface area contributed by atoms with Crippen LogP contribution in [0.3, 0.4) is 0 Å². The third-order valence-corrected chi connectivity index (χ3v) is 8.66. The largest absolute Gasteiger partial charge is 0.466 e. The first-order valence-electron chi connectivity index (χ1n) is 8.07. The molecule has 0 heterocycles. The van der Waals surface area contributed by atoms with Crippen LogP contribution < -0.4 is 0 Å². The average Bonchev–Trinajstić information content (AvgIpc) is 2.41. The molecule has 0 radical (unpaired) electrons. The third kappa shape index (κ3) is 9.56. The van der Waals surface area contributed by atoms with E-state index in [1.165, 1.54) is 20.1 Å². The lowest BCUT2D eigenvalue weighted by atomic mass is 10.1. The van der Waals surface area contributed by atoms with Gasteiger partial charge in [0.25, 0.3) is 0 Å². The Morgan fingerprint density at radius 1 is 1.17 bits per heavy atom. The van der Waals surface area contributed by atoms with Crippen molar-refractivity contribution in [3.05, 3.63) is 12.2 Å². The van der Waals surface area contributed by atoms with Gasteiger partial charge in [-0.3, -0.25) is 4.79 Å². The minimum absolute atomic E-state index is 0.205. The highest BCUT2D eigenvalue weighted by atomic mass is 28.4. The molecular weight excluding hydrogens is 312 g/mol. The van der Waals surface area contributed by atoms with Gasteiger partial charge >= 0.3 is 11.9 Å². The fourth-order valence-corrected chi connectivity index (χ4v) is 2.74. The molecule has 0 rings (SSSR count). The number of unbranched alkanes of at least 4 members (excludes halogenated alkanes) is 1. The molecule has 0 aromatic heterocycles. The molecule has 1 unspecified atom stereocenters. The Kier molecular flexibility index (Phi) is 9.38. The molecule has 0 fully saturated rings. The molecule has 0 amide bonds. The van der Waals surface area contributed by atoms with E-state index in [0.717, 1.165) is 12.8 Å². The predicted octanol–water partition coefficient (Wildman–Crippen LogP) is 3.84. The second-order valence-electron chi connectivity index (χ2n) is 7.13. The maximum atomic E-state index is 11.1. The molecule has 0 aliphatic heterocycles. The fraction of sp³-hybridized carbons (Fsp3) is 0.765. The summed E-state index contributed by atoms with van der Waals surface area (Å²) in [4.78, 5) is 22.2. The highest BCUT2D eigenvalue weighted by Gasteiger charge is 2.36. The van der Waals surface area contributed by atoms with Gasteiger partial charge < -0.3 is 13.9 Å². The molecule has 0 aliphatic rings. The lowest BCUT2D eigenvalue weighted by Gasteiger charge is -2.36. The Bertz CT molecular complexity index is 410. The molecule has 0 bridgehead atoms. The standard InChI is InChI=1S/C17H32O5Si/c1-14(18)22-15(11-12-16(19)20-5)10-8-9-13-21-23(6,7)17(2,3)4/h11-12,15H,8-10,13H2,1-7H3/b12-11+. The van der Waals surface area contributed by atoms with Gasteiger partial charge in [-0.05, 0) is 43.5 Å². The third-order valence-electron chi connectivity index (χ3n) is 4.12. The van der Waals surface area contributed by atoms with Crippen LogP contribution in [0.4, 0.5) is 0 Å². The topological polar surface area (TPSA) is 61.8 Å². The van der Waals surface area contributed by atoms with Crippen molar-refractivity contribution < 1.29 is 23.5 Å². The zero-order chi connectivity index (χ0) is 18.1. The van der Waals surface area contributed by atoms with Gasteiger partial charge in [0.1, 0.15) is 6.10 Å². The average molecular weight is 345 g/mol. The van der Waals surface area contributed by atoms with Gasteiger partial charge in [0.15, 0.2) is 8.32 Å². The molecular formula is C17H32O5Si. The van der Waals surface area contributed by atoms with Gasteiger partial charge in [-0.15, -0.1) is 0 Å². The van der Waals surface area contributed by atoms with Crippen molar-refractivity contribution in [2.75, 3.05) is 13.7 Å². The number of esters is 2. The summed E-state index contributed by atoms with van der Waals surface area (Å²) < 4.78 is 15.8. The van der Waals surface area contributed by atoms with Crippen molar-refractivity contribution >= 4 is 20.3 Å². The summed E-state index contributed by atoms with van der Waals surface area (Å²) in [6.07, 6.45) is 4.88. The van der Waals surface area contributed by atoms with Crippen LogP contribution in [0.2, 0.25) is 18.1 Å². The van der Waals surface area contributed by atoms with E-state index in [2.05, 4.69) is 38.6 Å². The zero-order valence-corrected chi connectivity index (χ0v) is 16.6. The summed E-state index contributed by atoms with van der Waals surface area (Å²) in [7, 11) is -0.393. The van der Waals surface area contributed by atoms with Gasteiger partial charge in [-0.2, -0.15) is 0 Å². The van der Waals surface area contributed by atoms with Crippen LogP contribution in [0.25, 0.3) is 0 Å². The van der Waals surface area contributed by atoms with E-state index in [9.17, 15) is 9.59 Å². The summed E-state index contributed by atoms with van der Waals surface area (Å²) in [5, 5.41) is 0.205. The molecule has 0 saturated heterocycles. The summed E-state index contributed by atoms with van der Waals surface area (Å²) >= 11 is 0. The van der Waals surface area contributed by atoms with Crippen LogP contribution in [-0.4, -0.2) is 40.1 Å². The molecule has 23 heavy (non-hydrogen) atoms. The molecule has 0 aliphatic carbocycles. The predicted molar refractivity (Wildman–Crippen MR) is 93.7 cm³/mol. The van der Waals surface area contributed by atoms with Crippen LogP contribution >= 0.6 is 0 Å². The number of methoxy groups -OCH3 is 1. The molecule has 0 aromatic rings. The number of hydrogen-bond acceptors (Lipinski definition) is 5. The molecule has 0 spiro atoms. The van der Waals surface area contributed by atoms with Gasteiger partial charge in [0.05, 0.1) is 7.11 Å². The van der Waals surface area contributed by atoms with Crippen molar-refractivity contribution in [1.29, 1.82) is 0 Å². The van der Waals surface area contributed by atoms with Gasteiger partial charge in [-0.25, -0.2) is 4.79 Å². The molecule has 6 heteroatoms. The maximum absolute atomic E-state index is 11.1. The maximum Gasteiger partial charge on any atom is 0.330 e. The number of ether oxygens (including phenoxy) is 2. The van der Waals surface area contributed by atoms with Crippen molar-refractivity contribution in [1.82, 2.24) is 0 Å². The van der Waals surface area contributed by atoms with Crippen LogP contribution in [-0.2, 0) is 23.5 Å². The van der Waals surface area contributed by atoms with E-state index >= 15 is 0 Å². The molecule has 0 aromatic carbocycles. The fourth-order valence-electron chi connectivity index (χ4n) is 1.65. The minimum atomic E-state index is -1.70. The van der Waals surface area contributed by atoms with Crippen molar-refractivity contribution in [3.8, 4) is 0 Å². The first kappa shape index (κ1) is 21.9. The van der Waals surface area contributed by atoms with E-state index in [1.54, 1.807) is 6.08 Å². The molecule has 5 nitrogen and oxygen atoms in total. The SMILES string of the molecule is COC(=O)/C=C/C(CCCCO[Si](C)(C)C(C)(C)C)OC(C)=O. The van der Waals surface area contributed by atoms with Crippen molar-refractivity contribution in [2.24, 2.45) is 0 Å². The highest BCUT2D eigenvalue weighted by Crippen LogP contribution is 2.36. The van der Waals surface area contributed by atoms with E-state index in [4.69, 9.17) is 9.16 Å². The Morgan fingerprint density at radius 3 is 2.26 bits per heavy atom. The quantitative estimate of drug-likeness (QED) is 0.275. The van der Waals surface area contributed by atoms with Crippen LogP contribution in [0.15, 0.2) is 12.2 Å². The van der Waals surface area contributed by atoms with Gasteiger partial charge in [-0.1, -0.05) is 20.8 Å². The Balaban J connectivity index is 4.25. The number of rotatable bonds is 9. The monoisotopic (exact) mass is 344 g/mol. The first-order valence-corrected chi connectivity index (χ1v) is 11.0.